The molecule has 0 aromatic carbocycles. The molecule has 1 aromatic rings. The van der Waals surface area contributed by atoms with Gasteiger partial charge in [0.25, 0.3) is 0 Å². The second-order valence-electron chi connectivity index (χ2n) is 5.70. The Hall–Kier alpha value is -0.870. The lowest BCUT2D eigenvalue weighted by molar-refractivity contribution is 0.236. The van der Waals surface area contributed by atoms with E-state index in [1.54, 1.807) is 0 Å². The van der Waals surface area contributed by atoms with Crippen LogP contribution >= 0.6 is 0 Å². The van der Waals surface area contributed by atoms with E-state index in [0.717, 1.165) is 31.3 Å². The summed E-state index contributed by atoms with van der Waals surface area (Å²) >= 11 is 0. The molecule has 1 fully saturated rings. The van der Waals surface area contributed by atoms with Crippen LogP contribution in [0.2, 0.25) is 0 Å². The molecule has 1 aliphatic carbocycles. The molecule has 0 spiro atoms. The Balaban J connectivity index is 1.97. The third kappa shape index (κ3) is 3.12. The van der Waals surface area contributed by atoms with E-state index in [-0.39, 0.29) is 0 Å². The van der Waals surface area contributed by atoms with Crippen LogP contribution in [0.15, 0.2) is 12.4 Å². The Bertz CT molecular complexity index is 374. The van der Waals surface area contributed by atoms with Crippen LogP contribution in [0.1, 0.15) is 38.3 Å². The van der Waals surface area contributed by atoms with E-state index in [1.807, 2.05) is 10.9 Å². The zero-order chi connectivity index (χ0) is 13.1. The lowest BCUT2D eigenvalue weighted by atomic mass is 10.1. The molecule has 2 rings (SSSR count). The van der Waals surface area contributed by atoms with Gasteiger partial charge in [-0.25, -0.2) is 0 Å². The number of likely N-dealkylation sites (N-methyl/N-ethyl adjacent to an activating group) is 1. The molecule has 0 radical (unpaired) electrons. The highest BCUT2D eigenvalue weighted by molar-refractivity contribution is 5.11. The van der Waals surface area contributed by atoms with Gasteiger partial charge in [-0.3, -0.25) is 9.58 Å². The van der Waals surface area contributed by atoms with E-state index in [0.29, 0.717) is 12.6 Å². The van der Waals surface area contributed by atoms with Gasteiger partial charge in [0, 0.05) is 37.4 Å². The maximum absolute atomic E-state index is 5.94. The van der Waals surface area contributed by atoms with E-state index in [2.05, 4.69) is 37.1 Å². The number of hydrogen-bond acceptors (Lipinski definition) is 3. The molecule has 1 aliphatic rings. The molecule has 3 unspecified atom stereocenters. The zero-order valence-electron chi connectivity index (χ0n) is 11.8. The van der Waals surface area contributed by atoms with Gasteiger partial charge in [0.1, 0.15) is 0 Å². The summed E-state index contributed by atoms with van der Waals surface area (Å²) in [5.74, 6) is 1.77. The Labute approximate surface area is 110 Å². The lowest BCUT2D eigenvalue weighted by Crippen LogP contribution is -2.32. The van der Waals surface area contributed by atoms with E-state index in [4.69, 9.17) is 5.73 Å². The molecule has 0 aliphatic heterocycles. The molecule has 3 atom stereocenters. The maximum Gasteiger partial charge on any atom is 0.0538 e. The van der Waals surface area contributed by atoms with Crippen molar-refractivity contribution < 1.29 is 0 Å². The summed E-state index contributed by atoms with van der Waals surface area (Å²) in [7, 11) is 2.18. The predicted octanol–water partition coefficient (Wildman–Crippen LogP) is 1.88. The first-order valence-electron chi connectivity index (χ1n) is 7.08. The van der Waals surface area contributed by atoms with Gasteiger partial charge in [0.15, 0.2) is 0 Å². The van der Waals surface area contributed by atoms with Crippen molar-refractivity contribution in [1.29, 1.82) is 0 Å². The first kappa shape index (κ1) is 13.6. The monoisotopic (exact) mass is 250 g/mol. The molecular weight excluding hydrogens is 224 g/mol. The highest BCUT2D eigenvalue weighted by Crippen LogP contribution is 2.39. The number of hydrogen-bond donors (Lipinski definition) is 1. The number of rotatable bonds is 7. The van der Waals surface area contributed by atoms with Crippen molar-refractivity contribution in [2.45, 2.75) is 39.3 Å². The number of nitrogens with two attached hydrogens (primary N) is 1. The Morgan fingerprint density at radius 1 is 1.61 bits per heavy atom. The van der Waals surface area contributed by atoms with E-state index in [9.17, 15) is 0 Å². The molecule has 1 saturated carbocycles. The second-order valence-corrected chi connectivity index (χ2v) is 5.70. The molecule has 18 heavy (non-hydrogen) atoms. The van der Waals surface area contributed by atoms with Crippen molar-refractivity contribution in [3.63, 3.8) is 0 Å². The van der Waals surface area contributed by atoms with Crippen LogP contribution in [0, 0.1) is 11.8 Å². The molecule has 4 heteroatoms. The fraction of sp³-hybridized carbons (Fsp3) is 0.786. The van der Waals surface area contributed by atoms with Crippen LogP contribution in [0.25, 0.3) is 0 Å². The molecule has 0 saturated heterocycles. The molecule has 0 amide bonds. The highest BCUT2D eigenvalue weighted by atomic mass is 15.3. The van der Waals surface area contributed by atoms with Crippen LogP contribution < -0.4 is 5.73 Å². The summed E-state index contributed by atoms with van der Waals surface area (Å²) in [4.78, 5) is 2.39. The highest BCUT2D eigenvalue weighted by Gasteiger charge is 2.34. The minimum Gasteiger partial charge on any atom is -0.329 e. The van der Waals surface area contributed by atoms with Crippen LogP contribution in [0.3, 0.4) is 0 Å². The Morgan fingerprint density at radius 2 is 2.33 bits per heavy atom. The van der Waals surface area contributed by atoms with Crippen molar-refractivity contribution in [2.75, 3.05) is 20.1 Å². The first-order valence-corrected chi connectivity index (χ1v) is 7.08. The summed E-state index contributed by atoms with van der Waals surface area (Å²) in [6.07, 6.45) is 6.61. The van der Waals surface area contributed by atoms with Gasteiger partial charge < -0.3 is 5.73 Å². The fourth-order valence-electron chi connectivity index (χ4n) is 2.62. The summed E-state index contributed by atoms with van der Waals surface area (Å²) in [6, 6.07) is 0.309. The average Bonchev–Trinajstić information content (AvgIpc) is 2.84. The smallest absolute Gasteiger partial charge is 0.0538 e. The minimum absolute atomic E-state index is 0.309. The summed E-state index contributed by atoms with van der Waals surface area (Å²) in [6.45, 7) is 7.30. The van der Waals surface area contributed by atoms with Gasteiger partial charge in [-0.2, -0.15) is 5.10 Å². The van der Waals surface area contributed by atoms with Crippen molar-refractivity contribution in [2.24, 2.45) is 17.6 Å². The van der Waals surface area contributed by atoms with Gasteiger partial charge in [0.05, 0.1) is 6.20 Å². The van der Waals surface area contributed by atoms with Crippen LogP contribution in [-0.4, -0.2) is 34.8 Å². The SMILES string of the molecule is CCCn1cc(C(CN)N(C)CC2CC2C)cn1. The van der Waals surface area contributed by atoms with E-state index >= 15 is 0 Å². The van der Waals surface area contributed by atoms with Crippen LogP contribution in [-0.2, 0) is 6.54 Å². The summed E-state index contributed by atoms with van der Waals surface area (Å²) < 4.78 is 2.02. The quantitative estimate of drug-likeness (QED) is 0.804. The van der Waals surface area contributed by atoms with Crippen molar-refractivity contribution in [3.05, 3.63) is 18.0 Å². The third-order valence-electron chi connectivity index (χ3n) is 4.04. The number of nitrogens with zero attached hydrogens (tertiary/aromatic N) is 3. The standard InChI is InChI=1S/C14H26N4/c1-4-5-18-10-13(8-16-18)14(7-15)17(3)9-12-6-11(12)2/h8,10-12,14H,4-7,9,15H2,1-3H3. The Kier molecular flexibility index (Phi) is 4.40. The van der Waals surface area contributed by atoms with Crippen molar-refractivity contribution >= 4 is 0 Å². The molecule has 1 aromatic heterocycles. The number of aryl methyl sites for hydroxylation is 1. The second kappa shape index (κ2) is 5.85. The van der Waals surface area contributed by atoms with Crippen molar-refractivity contribution in [3.8, 4) is 0 Å². The van der Waals surface area contributed by atoms with Crippen LogP contribution in [0.4, 0.5) is 0 Å². The van der Waals surface area contributed by atoms with Gasteiger partial charge >= 0.3 is 0 Å². The lowest BCUT2D eigenvalue weighted by Gasteiger charge is -2.26. The summed E-state index contributed by atoms with van der Waals surface area (Å²) in [5, 5.41) is 4.40. The molecule has 1 heterocycles. The van der Waals surface area contributed by atoms with Gasteiger partial charge in [-0.15, -0.1) is 0 Å². The van der Waals surface area contributed by atoms with E-state index in [1.165, 1.54) is 12.0 Å². The van der Waals surface area contributed by atoms with Gasteiger partial charge in [-0.1, -0.05) is 13.8 Å². The van der Waals surface area contributed by atoms with Crippen LogP contribution in [0.5, 0.6) is 0 Å². The summed E-state index contributed by atoms with van der Waals surface area (Å²) in [5.41, 5.74) is 7.19. The third-order valence-corrected chi connectivity index (χ3v) is 4.04. The molecule has 102 valence electrons. The first-order chi connectivity index (χ1) is 8.65. The topological polar surface area (TPSA) is 47.1 Å². The van der Waals surface area contributed by atoms with E-state index < -0.39 is 0 Å². The van der Waals surface area contributed by atoms with Gasteiger partial charge in [0.2, 0.25) is 0 Å². The molecule has 4 nitrogen and oxygen atoms in total. The zero-order valence-corrected chi connectivity index (χ0v) is 11.8. The maximum atomic E-state index is 5.94. The Morgan fingerprint density at radius 3 is 2.89 bits per heavy atom. The molecular formula is C14H26N4. The number of aromatic nitrogens is 2. The molecule has 0 bridgehead atoms. The average molecular weight is 250 g/mol. The largest absolute Gasteiger partial charge is 0.329 e. The minimum atomic E-state index is 0.309. The van der Waals surface area contributed by atoms with Gasteiger partial charge in [-0.05, 0) is 31.7 Å². The normalized spacial score (nSPS) is 24.5. The van der Waals surface area contributed by atoms with Crippen molar-refractivity contribution in [1.82, 2.24) is 14.7 Å². The predicted molar refractivity (Wildman–Crippen MR) is 74.2 cm³/mol. The molecule has 2 N–H and O–H groups in total. The fourth-order valence-corrected chi connectivity index (χ4v) is 2.62.